The van der Waals surface area contributed by atoms with Crippen molar-refractivity contribution >= 4 is 17.5 Å². The van der Waals surface area contributed by atoms with Crippen LogP contribution in [0.5, 0.6) is 5.75 Å². The molecular weight excluding hydrogens is 300 g/mol. The zero-order chi connectivity index (χ0) is 15.6. The topological polar surface area (TPSA) is 41.6 Å². The minimum atomic E-state index is -0.345. The number of benzene rings is 1. The number of carbonyl (C=O) groups is 1. The Hall–Kier alpha value is -1.26. The van der Waals surface area contributed by atoms with Crippen molar-refractivity contribution in [3.63, 3.8) is 0 Å². The maximum atomic E-state index is 12.5. The first kappa shape index (κ1) is 15.6. The lowest BCUT2D eigenvalue weighted by Crippen LogP contribution is -2.46. The molecule has 1 N–H and O–H groups in total. The number of piperidine rings is 1. The molecule has 1 aromatic rings. The third kappa shape index (κ3) is 3.55. The van der Waals surface area contributed by atoms with E-state index in [1.165, 1.54) is 0 Å². The number of para-hydroxylation sites is 1. The number of carbonyl (C=O) groups excluding carboxylic acids is 1. The predicted octanol–water partition coefficient (Wildman–Crippen LogP) is 2.71. The number of ether oxygens (including phenoxy) is 1. The van der Waals surface area contributed by atoms with Crippen molar-refractivity contribution in [2.45, 2.75) is 31.7 Å². The Labute approximate surface area is 136 Å². The zero-order valence-corrected chi connectivity index (χ0v) is 13.7. The maximum Gasteiger partial charge on any atom is 0.229 e. The summed E-state index contributed by atoms with van der Waals surface area (Å²) in [4.78, 5) is 14.8. The van der Waals surface area contributed by atoms with Gasteiger partial charge in [-0.3, -0.25) is 4.79 Å². The summed E-state index contributed by atoms with van der Waals surface area (Å²) >= 11 is 6.09. The average molecular weight is 323 g/mol. The van der Waals surface area contributed by atoms with Crippen LogP contribution in [0.25, 0.3) is 0 Å². The van der Waals surface area contributed by atoms with E-state index in [0.29, 0.717) is 23.4 Å². The summed E-state index contributed by atoms with van der Waals surface area (Å²) in [6.07, 6.45) is 3.86. The largest absolute Gasteiger partial charge is 0.491 e. The molecule has 0 aromatic heterocycles. The highest BCUT2D eigenvalue weighted by Crippen LogP contribution is 2.46. The van der Waals surface area contributed by atoms with Crippen molar-refractivity contribution < 1.29 is 9.53 Å². The number of amides is 1. The van der Waals surface area contributed by atoms with Crippen LogP contribution in [0.1, 0.15) is 25.7 Å². The number of nitrogens with zero attached hydrogens (tertiary/aromatic N) is 1. The van der Waals surface area contributed by atoms with Crippen LogP contribution >= 0.6 is 11.6 Å². The molecule has 5 heteroatoms. The fraction of sp³-hybridized carbons (Fsp3) is 0.588. The summed E-state index contributed by atoms with van der Waals surface area (Å²) in [7, 11) is 2.12. The Balaban J connectivity index is 1.52. The van der Waals surface area contributed by atoms with Gasteiger partial charge in [-0.05, 0) is 58.0 Å². The van der Waals surface area contributed by atoms with E-state index in [2.05, 4.69) is 17.3 Å². The monoisotopic (exact) mass is 322 g/mol. The molecule has 2 fully saturated rings. The van der Waals surface area contributed by atoms with Crippen molar-refractivity contribution in [1.29, 1.82) is 0 Å². The van der Waals surface area contributed by atoms with Gasteiger partial charge in [0, 0.05) is 6.04 Å². The molecule has 0 unspecified atom stereocenters. The summed E-state index contributed by atoms with van der Waals surface area (Å²) in [6, 6.07) is 7.71. The van der Waals surface area contributed by atoms with Crippen molar-refractivity contribution in [3.05, 3.63) is 29.3 Å². The molecule has 0 radical (unpaired) electrons. The van der Waals surface area contributed by atoms with Gasteiger partial charge in [0.2, 0.25) is 5.91 Å². The van der Waals surface area contributed by atoms with E-state index in [1.54, 1.807) is 6.07 Å². The van der Waals surface area contributed by atoms with Crippen LogP contribution in [0.15, 0.2) is 24.3 Å². The fourth-order valence-electron chi connectivity index (χ4n) is 2.86. The second-order valence-electron chi connectivity index (χ2n) is 6.55. The molecule has 22 heavy (non-hydrogen) atoms. The highest BCUT2D eigenvalue weighted by atomic mass is 35.5. The molecule has 0 atom stereocenters. The van der Waals surface area contributed by atoms with Crippen LogP contribution < -0.4 is 10.1 Å². The van der Waals surface area contributed by atoms with E-state index in [9.17, 15) is 4.79 Å². The van der Waals surface area contributed by atoms with Gasteiger partial charge < -0.3 is 15.0 Å². The Morgan fingerprint density at radius 2 is 2.05 bits per heavy atom. The number of halogens is 1. The minimum absolute atomic E-state index is 0.147. The molecule has 4 nitrogen and oxygen atoms in total. The molecule has 1 aromatic carbocycles. The maximum absolute atomic E-state index is 12.5. The summed E-state index contributed by atoms with van der Waals surface area (Å²) in [5.74, 6) is 0.802. The molecule has 1 saturated heterocycles. The Bertz CT molecular complexity index is 537. The summed E-state index contributed by atoms with van der Waals surface area (Å²) in [5.41, 5.74) is -0.345. The first-order valence-corrected chi connectivity index (χ1v) is 8.34. The lowest BCUT2D eigenvalue weighted by atomic mass is 10.0. The zero-order valence-electron chi connectivity index (χ0n) is 13.0. The van der Waals surface area contributed by atoms with E-state index < -0.39 is 0 Å². The van der Waals surface area contributed by atoms with Crippen molar-refractivity contribution in [3.8, 4) is 5.75 Å². The van der Waals surface area contributed by atoms with Crippen molar-refractivity contribution in [2.24, 2.45) is 5.41 Å². The van der Waals surface area contributed by atoms with Crippen LogP contribution in [0.2, 0.25) is 5.02 Å². The normalized spacial score (nSPS) is 21.4. The van der Waals surface area contributed by atoms with E-state index in [4.69, 9.17) is 16.3 Å². The number of likely N-dealkylation sites (tertiary alicyclic amines) is 1. The second kappa shape index (κ2) is 6.47. The minimum Gasteiger partial charge on any atom is -0.491 e. The first-order valence-electron chi connectivity index (χ1n) is 7.96. The predicted molar refractivity (Wildman–Crippen MR) is 87.3 cm³/mol. The lowest BCUT2D eigenvalue weighted by molar-refractivity contribution is -0.128. The molecular formula is C17H23ClN2O2. The molecule has 0 spiro atoms. The van der Waals surface area contributed by atoms with Crippen LogP contribution in [0.4, 0.5) is 0 Å². The second-order valence-corrected chi connectivity index (χ2v) is 6.96. The van der Waals surface area contributed by atoms with Gasteiger partial charge in [0.15, 0.2) is 0 Å². The number of rotatable bonds is 5. The molecule has 3 rings (SSSR count). The summed E-state index contributed by atoms with van der Waals surface area (Å²) < 4.78 is 5.79. The fourth-order valence-corrected chi connectivity index (χ4v) is 3.05. The average Bonchev–Trinajstić information content (AvgIpc) is 3.30. The molecule has 2 aliphatic rings. The van der Waals surface area contributed by atoms with E-state index in [-0.39, 0.29) is 11.3 Å². The van der Waals surface area contributed by atoms with Gasteiger partial charge in [-0.25, -0.2) is 0 Å². The van der Waals surface area contributed by atoms with Gasteiger partial charge in [0.1, 0.15) is 12.4 Å². The van der Waals surface area contributed by atoms with E-state index >= 15 is 0 Å². The lowest BCUT2D eigenvalue weighted by Gasteiger charge is -2.30. The highest BCUT2D eigenvalue weighted by Gasteiger charge is 2.51. The Kier molecular flexibility index (Phi) is 4.59. The molecule has 0 bridgehead atoms. The van der Waals surface area contributed by atoms with Crippen LogP contribution in [0, 0.1) is 5.41 Å². The molecule has 1 saturated carbocycles. The van der Waals surface area contributed by atoms with Gasteiger partial charge >= 0.3 is 0 Å². The van der Waals surface area contributed by atoms with Gasteiger partial charge in [-0.2, -0.15) is 0 Å². The van der Waals surface area contributed by atoms with Gasteiger partial charge in [-0.1, -0.05) is 23.7 Å². The highest BCUT2D eigenvalue weighted by molar-refractivity contribution is 6.32. The Morgan fingerprint density at radius 3 is 2.68 bits per heavy atom. The number of hydrogen-bond donors (Lipinski definition) is 1. The van der Waals surface area contributed by atoms with Crippen LogP contribution in [-0.2, 0) is 4.79 Å². The standard InChI is InChI=1S/C17H23ClN2O2/c1-20-10-6-13(7-11-20)19-16(21)17(8-9-17)12-22-15-5-3-2-4-14(15)18/h2-5,13H,6-12H2,1H3,(H,19,21). The quantitative estimate of drug-likeness (QED) is 0.906. The molecule has 120 valence electrons. The van der Waals surface area contributed by atoms with Gasteiger partial charge in [0.05, 0.1) is 10.4 Å². The smallest absolute Gasteiger partial charge is 0.229 e. The third-order valence-corrected chi connectivity index (χ3v) is 5.04. The summed E-state index contributed by atoms with van der Waals surface area (Å²) in [6.45, 7) is 2.51. The molecule has 1 amide bonds. The molecule has 1 heterocycles. The van der Waals surface area contributed by atoms with Crippen LogP contribution in [-0.4, -0.2) is 43.6 Å². The van der Waals surface area contributed by atoms with Crippen molar-refractivity contribution in [1.82, 2.24) is 10.2 Å². The third-order valence-electron chi connectivity index (χ3n) is 4.73. The van der Waals surface area contributed by atoms with Crippen molar-refractivity contribution in [2.75, 3.05) is 26.7 Å². The number of hydrogen-bond acceptors (Lipinski definition) is 3. The van der Waals surface area contributed by atoms with Gasteiger partial charge in [0.25, 0.3) is 0 Å². The molecule has 1 aliphatic carbocycles. The van der Waals surface area contributed by atoms with E-state index in [1.807, 2.05) is 18.2 Å². The van der Waals surface area contributed by atoms with E-state index in [0.717, 1.165) is 38.8 Å². The first-order chi connectivity index (χ1) is 10.6. The molecule has 1 aliphatic heterocycles. The van der Waals surface area contributed by atoms with Crippen LogP contribution in [0.3, 0.4) is 0 Å². The SMILES string of the molecule is CN1CCC(NC(=O)C2(COc3ccccc3Cl)CC2)CC1. The van der Waals surface area contributed by atoms with Gasteiger partial charge in [-0.15, -0.1) is 0 Å². The Morgan fingerprint density at radius 1 is 1.36 bits per heavy atom. The summed E-state index contributed by atoms with van der Waals surface area (Å²) in [5, 5.41) is 3.81. The number of nitrogens with one attached hydrogen (secondary N) is 1.